The molecule has 1 aromatic heterocycles. The fourth-order valence-corrected chi connectivity index (χ4v) is 9.27. The van der Waals surface area contributed by atoms with Crippen LogP contribution >= 0.6 is 0 Å². The first-order valence-electron chi connectivity index (χ1n) is 20.6. The molecule has 0 aliphatic heterocycles. The van der Waals surface area contributed by atoms with Crippen LogP contribution in [0.15, 0.2) is 237 Å². The maximum absolute atomic E-state index is 4.73. The molecular formula is C59H39N. The first-order chi connectivity index (χ1) is 29.8. The van der Waals surface area contributed by atoms with Crippen LogP contribution in [0.3, 0.4) is 0 Å². The van der Waals surface area contributed by atoms with E-state index in [4.69, 9.17) is 4.98 Å². The van der Waals surface area contributed by atoms with Crippen LogP contribution in [-0.2, 0) is 0 Å². The summed E-state index contributed by atoms with van der Waals surface area (Å²) in [6.07, 6.45) is 1.88. The Bertz CT molecular complexity index is 3280. The zero-order chi connectivity index (χ0) is 39.8. The molecule has 10 aromatic carbocycles. The molecule has 1 heteroatoms. The van der Waals surface area contributed by atoms with Gasteiger partial charge in [0.2, 0.25) is 0 Å². The number of hydrogen-bond acceptors (Lipinski definition) is 1. The standard InChI is InChI=1S/C59H39N/c1-5-19-40(20-6-1)52-39-53(58(43-23-9-3-10-24-43)59(44-25-11-4-12-26-44)57(52)42-21-7-2-8-22-42)45-27-17-28-46(37-45)55-48-30-13-15-32-50(48)56(51-33-16-14-31-49(51)55)47-35-34-41-29-18-36-60-54(41)38-47/h1-39H. The van der Waals surface area contributed by atoms with Gasteiger partial charge in [-0.05, 0) is 124 Å². The van der Waals surface area contributed by atoms with Crippen LogP contribution in [0.2, 0.25) is 0 Å². The Morgan fingerprint density at radius 2 is 0.650 bits per heavy atom. The molecule has 0 radical (unpaired) electrons. The van der Waals surface area contributed by atoms with Crippen LogP contribution in [0.4, 0.5) is 0 Å². The molecule has 1 nitrogen and oxygen atoms in total. The molecule has 0 saturated heterocycles. The molecule has 0 amide bonds. The van der Waals surface area contributed by atoms with E-state index in [-0.39, 0.29) is 0 Å². The number of aromatic nitrogens is 1. The van der Waals surface area contributed by atoms with Crippen molar-refractivity contribution in [3.63, 3.8) is 0 Å². The number of pyridine rings is 1. The predicted molar refractivity (Wildman–Crippen MR) is 255 cm³/mol. The Kier molecular flexibility index (Phi) is 8.91. The summed E-state index contributed by atoms with van der Waals surface area (Å²) >= 11 is 0. The second-order valence-corrected chi connectivity index (χ2v) is 15.4. The molecule has 0 aliphatic carbocycles. The van der Waals surface area contributed by atoms with Crippen LogP contribution in [0.5, 0.6) is 0 Å². The molecule has 0 aliphatic rings. The van der Waals surface area contributed by atoms with Crippen molar-refractivity contribution in [2.24, 2.45) is 0 Å². The van der Waals surface area contributed by atoms with Gasteiger partial charge in [0.1, 0.15) is 0 Å². The summed E-state index contributed by atoms with van der Waals surface area (Å²) < 4.78 is 0. The highest BCUT2D eigenvalue weighted by atomic mass is 14.6. The monoisotopic (exact) mass is 761 g/mol. The molecule has 0 unspecified atom stereocenters. The van der Waals surface area contributed by atoms with E-state index in [0.29, 0.717) is 0 Å². The average Bonchev–Trinajstić information content (AvgIpc) is 3.33. The van der Waals surface area contributed by atoms with Crippen molar-refractivity contribution in [3.8, 4) is 77.9 Å². The van der Waals surface area contributed by atoms with Gasteiger partial charge in [-0.3, -0.25) is 4.98 Å². The molecular weight excluding hydrogens is 723 g/mol. The maximum atomic E-state index is 4.73. The van der Waals surface area contributed by atoms with Crippen LogP contribution in [0, 0.1) is 0 Å². The van der Waals surface area contributed by atoms with Gasteiger partial charge in [-0.1, -0.05) is 206 Å². The first kappa shape index (κ1) is 35.3. The van der Waals surface area contributed by atoms with Gasteiger partial charge in [-0.25, -0.2) is 0 Å². The number of fused-ring (bicyclic) bond motifs is 3. The predicted octanol–water partition coefficient (Wildman–Crippen LogP) is 16.2. The first-order valence-corrected chi connectivity index (χ1v) is 20.6. The van der Waals surface area contributed by atoms with Crippen molar-refractivity contribution in [1.29, 1.82) is 0 Å². The fourth-order valence-electron chi connectivity index (χ4n) is 9.27. The van der Waals surface area contributed by atoms with E-state index >= 15 is 0 Å². The molecule has 11 aromatic rings. The maximum Gasteiger partial charge on any atom is 0.0708 e. The van der Waals surface area contributed by atoms with E-state index in [1.165, 1.54) is 93.9 Å². The minimum Gasteiger partial charge on any atom is -0.256 e. The zero-order valence-corrected chi connectivity index (χ0v) is 33.0. The Hall–Kier alpha value is -7.87. The van der Waals surface area contributed by atoms with Gasteiger partial charge in [0.05, 0.1) is 5.52 Å². The summed E-state index contributed by atoms with van der Waals surface area (Å²) in [5.74, 6) is 0. The van der Waals surface area contributed by atoms with E-state index in [2.05, 4.69) is 224 Å². The highest BCUT2D eigenvalue weighted by molar-refractivity contribution is 6.22. The van der Waals surface area contributed by atoms with Crippen molar-refractivity contribution in [3.05, 3.63) is 237 Å². The van der Waals surface area contributed by atoms with Crippen LogP contribution in [0.25, 0.3) is 110 Å². The van der Waals surface area contributed by atoms with E-state index in [1.54, 1.807) is 0 Å². The van der Waals surface area contributed by atoms with Crippen molar-refractivity contribution in [2.75, 3.05) is 0 Å². The smallest absolute Gasteiger partial charge is 0.0708 e. The highest BCUT2D eigenvalue weighted by Gasteiger charge is 2.24. The molecule has 0 spiro atoms. The normalized spacial score (nSPS) is 11.3. The van der Waals surface area contributed by atoms with E-state index < -0.39 is 0 Å². The van der Waals surface area contributed by atoms with E-state index in [9.17, 15) is 0 Å². The van der Waals surface area contributed by atoms with Crippen molar-refractivity contribution >= 4 is 32.4 Å². The molecule has 0 saturated carbocycles. The number of hydrogen-bond donors (Lipinski definition) is 0. The molecule has 280 valence electrons. The summed E-state index contributed by atoms with van der Waals surface area (Å²) in [5.41, 5.74) is 17.8. The Balaban J connectivity index is 1.22. The largest absolute Gasteiger partial charge is 0.256 e. The Morgan fingerprint density at radius 3 is 1.18 bits per heavy atom. The summed E-state index contributed by atoms with van der Waals surface area (Å²) in [6.45, 7) is 0. The van der Waals surface area contributed by atoms with Crippen LogP contribution < -0.4 is 0 Å². The topological polar surface area (TPSA) is 12.9 Å². The van der Waals surface area contributed by atoms with Crippen molar-refractivity contribution in [1.82, 2.24) is 4.98 Å². The third kappa shape index (κ3) is 6.16. The minimum absolute atomic E-state index is 0.997. The average molecular weight is 762 g/mol. The third-order valence-corrected chi connectivity index (χ3v) is 11.9. The SMILES string of the molecule is c1ccc(-c2cc(-c3cccc(-c4c5ccccc5c(-c5ccc6cccnc6c5)c5ccccc45)c3)c(-c3ccccc3)c(-c3ccccc3)c2-c2ccccc2)cc1. The van der Waals surface area contributed by atoms with E-state index in [0.717, 1.165) is 16.5 Å². The van der Waals surface area contributed by atoms with Gasteiger partial charge < -0.3 is 0 Å². The van der Waals surface area contributed by atoms with Gasteiger partial charge >= 0.3 is 0 Å². The molecule has 0 bridgehead atoms. The lowest BCUT2D eigenvalue weighted by Gasteiger charge is -2.25. The number of rotatable bonds is 7. The second kappa shape index (κ2) is 15.1. The lowest BCUT2D eigenvalue weighted by atomic mass is 9.78. The highest BCUT2D eigenvalue weighted by Crippen LogP contribution is 2.51. The lowest BCUT2D eigenvalue weighted by molar-refractivity contribution is 1.41. The summed E-state index contributed by atoms with van der Waals surface area (Å²) in [7, 11) is 0. The molecule has 0 N–H and O–H groups in total. The molecule has 0 atom stereocenters. The summed E-state index contributed by atoms with van der Waals surface area (Å²) in [6, 6.07) is 83.9. The lowest BCUT2D eigenvalue weighted by Crippen LogP contribution is -1.98. The van der Waals surface area contributed by atoms with Crippen molar-refractivity contribution < 1.29 is 0 Å². The Morgan fingerprint density at radius 1 is 0.233 bits per heavy atom. The molecule has 60 heavy (non-hydrogen) atoms. The third-order valence-electron chi connectivity index (χ3n) is 11.9. The number of benzene rings is 10. The molecule has 1 heterocycles. The fraction of sp³-hybridized carbons (Fsp3) is 0. The van der Waals surface area contributed by atoms with Crippen LogP contribution in [-0.4, -0.2) is 4.98 Å². The summed E-state index contributed by atoms with van der Waals surface area (Å²) in [4.78, 5) is 4.73. The van der Waals surface area contributed by atoms with Gasteiger partial charge in [0.15, 0.2) is 0 Å². The van der Waals surface area contributed by atoms with Crippen LogP contribution in [0.1, 0.15) is 0 Å². The quantitative estimate of drug-likeness (QED) is 0.147. The van der Waals surface area contributed by atoms with Gasteiger partial charge in [-0.15, -0.1) is 0 Å². The zero-order valence-electron chi connectivity index (χ0n) is 33.0. The van der Waals surface area contributed by atoms with E-state index in [1.807, 2.05) is 12.3 Å². The minimum atomic E-state index is 0.997. The van der Waals surface area contributed by atoms with Gasteiger partial charge in [-0.2, -0.15) is 0 Å². The van der Waals surface area contributed by atoms with Crippen molar-refractivity contribution in [2.45, 2.75) is 0 Å². The second-order valence-electron chi connectivity index (χ2n) is 15.4. The molecule has 11 rings (SSSR count). The summed E-state index contributed by atoms with van der Waals surface area (Å²) in [5, 5.41) is 6.04. The van der Waals surface area contributed by atoms with Gasteiger partial charge in [0.25, 0.3) is 0 Å². The molecule has 0 fully saturated rings. The van der Waals surface area contributed by atoms with Gasteiger partial charge in [0, 0.05) is 11.6 Å². The Labute approximate surface area is 350 Å². The number of nitrogens with zero attached hydrogens (tertiary/aromatic N) is 1.